The van der Waals surface area contributed by atoms with Gasteiger partial charge in [-0.2, -0.15) is 0 Å². The summed E-state index contributed by atoms with van der Waals surface area (Å²) in [7, 11) is 4.26. The van der Waals surface area contributed by atoms with Crippen molar-refractivity contribution in [2.75, 3.05) is 11.9 Å². The number of pyridine rings is 1. The van der Waals surface area contributed by atoms with Crippen molar-refractivity contribution in [3.05, 3.63) is 54.4 Å². The molecule has 3 nitrogen and oxygen atoms in total. The van der Waals surface area contributed by atoms with Crippen LogP contribution >= 0.6 is 0 Å². The number of hydrogen-bond donors (Lipinski definition) is 0. The number of benzene rings is 2. The lowest BCUT2D eigenvalue weighted by molar-refractivity contribution is -0.659. The zero-order valence-corrected chi connectivity index (χ0v) is 13.4. The van der Waals surface area contributed by atoms with E-state index in [2.05, 4.69) is 73.1 Å². The number of hydrogen-bond acceptors (Lipinski definition) is 2. The van der Waals surface area contributed by atoms with Gasteiger partial charge < -0.3 is 9.32 Å². The fourth-order valence-corrected chi connectivity index (χ4v) is 3.94. The van der Waals surface area contributed by atoms with Crippen LogP contribution in [0.4, 0.5) is 11.4 Å². The van der Waals surface area contributed by atoms with E-state index in [0.717, 1.165) is 5.58 Å². The van der Waals surface area contributed by atoms with Gasteiger partial charge >= 0.3 is 0 Å². The highest BCUT2D eigenvalue weighted by atomic mass is 16.3. The van der Waals surface area contributed by atoms with Crippen molar-refractivity contribution in [1.82, 2.24) is 0 Å². The molecule has 1 aliphatic heterocycles. The Morgan fingerprint density at radius 3 is 2.83 bits per heavy atom. The number of anilines is 2. The van der Waals surface area contributed by atoms with Crippen LogP contribution in [0.5, 0.6) is 0 Å². The van der Waals surface area contributed by atoms with Crippen LogP contribution in [0.1, 0.15) is 5.56 Å². The second-order valence-corrected chi connectivity index (χ2v) is 6.30. The first-order valence-corrected chi connectivity index (χ1v) is 7.83. The quantitative estimate of drug-likeness (QED) is 0.447. The Balaban J connectivity index is 2.07. The number of fused-ring (bicyclic) bond motifs is 3. The van der Waals surface area contributed by atoms with Crippen LogP contribution < -0.4 is 9.47 Å². The third-order valence-electron chi connectivity index (χ3n) is 5.10. The second kappa shape index (κ2) is 4.13. The summed E-state index contributed by atoms with van der Waals surface area (Å²) in [6, 6.07) is 12.9. The zero-order chi connectivity index (χ0) is 15.7. The Bertz CT molecular complexity index is 1110. The molecule has 0 aliphatic carbocycles. The van der Waals surface area contributed by atoms with E-state index in [9.17, 15) is 0 Å². The third-order valence-corrected chi connectivity index (χ3v) is 5.10. The van der Waals surface area contributed by atoms with E-state index < -0.39 is 0 Å². The lowest BCUT2D eigenvalue weighted by Crippen LogP contribution is -2.33. The van der Waals surface area contributed by atoms with E-state index in [-0.39, 0.29) is 0 Å². The number of nitrogens with zero attached hydrogens (tertiary/aromatic N) is 2. The van der Waals surface area contributed by atoms with Crippen molar-refractivity contribution in [2.45, 2.75) is 6.92 Å². The van der Waals surface area contributed by atoms with Crippen LogP contribution in [0.25, 0.3) is 33.0 Å². The first kappa shape index (κ1) is 12.7. The lowest BCUT2D eigenvalue weighted by Gasteiger charge is -2.29. The standard InChI is InChI=1S/C20H17N2O/c1-12-14-8-10-23-17(14)11-16-18(12)20-19-13(7-9-21(20)2)5-4-6-15(19)22(16)3/h4-11H,1-3H3/q+1. The van der Waals surface area contributed by atoms with E-state index >= 15 is 0 Å². The van der Waals surface area contributed by atoms with Gasteiger partial charge in [-0.1, -0.05) is 12.1 Å². The summed E-state index contributed by atoms with van der Waals surface area (Å²) in [5.74, 6) is 0. The van der Waals surface area contributed by atoms with Crippen molar-refractivity contribution in [3.63, 3.8) is 0 Å². The molecule has 4 aromatic rings. The Morgan fingerprint density at radius 2 is 1.96 bits per heavy atom. The van der Waals surface area contributed by atoms with Gasteiger partial charge in [0.1, 0.15) is 12.6 Å². The molecule has 0 unspecified atom stereocenters. The normalized spacial score (nSPS) is 12.9. The van der Waals surface area contributed by atoms with Crippen LogP contribution in [0.15, 0.2) is 53.3 Å². The maximum absolute atomic E-state index is 5.67. The fourth-order valence-electron chi connectivity index (χ4n) is 3.94. The maximum atomic E-state index is 5.67. The van der Waals surface area contributed by atoms with Gasteiger partial charge in [-0.15, -0.1) is 0 Å². The Labute approximate surface area is 134 Å². The minimum absolute atomic E-state index is 0.947. The molecule has 2 aromatic carbocycles. The number of rotatable bonds is 0. The van der Waals surface area contributed by atoms with Crippen molar-refractivity contribution in [2.24, 2.45) is 7.05 Å². The molecule has 0 N–H and O–H groups in total. The van der Waals surface area contributed by atoms with Gasteiger partial charge in [-0.25, -0.2) is 4.57 Å². The van der Waals surface area contributed by atoms with Gasteiger partial charge in [0, 0.05) is 24.6 Å². The molecule has 0 saturated heterocycles. The summed E-state index contributed by atoms with van der Waals surface area (Å²) in [6.45, 7) is 2.19. The number of furan rings is 1. The van der Waals surface area contributed by atoms with E-state index in [4.69, 9.17) is 4.42 Å². The Hall–Kier alpha value is -2.81. The van der Waals surface area contributed by atoms with Gasteiger partial charge in [-0.3, -0.25) is 0 Å². The molecule has 0 bridgehead atoms. The van der Waals surface area contributed by atoms with E-state index in [1.54, 1.807) is 6.26 Å². The van der Waals surface area contributed by atoms with Crippen molar-refractivity contribution < 1.29 is 8.98 Å². The SMILES string of the molecule is Cc1c2c(cc3occc13)N(C)c1cccc3cc[n+](C)c-2c13. The van der Waals surface area contributed by atoms with Crippen LogP contribution in [0.2, 0.25) is 0 Å². The summed E-state index contributed by atoms with van der Waals surface area (Å²) in [4.78, 5) is 2.28. The lowest BCUT2D eigenvalue weighted by atomic mass is 9.91. The Morgan fingerprint density at radius 1 is 1.09 bits per heavy atom. The third kappa shape index (κ3) is 1.47. The van der Waals surface area contributed by atoms with E-state index in [0.29, 0.717) is 0 Å². The molecule has 2 aromatic heterocycles. The minimum atomic E-state index is 0.947. The molecule has 112 valence electrons. The predicted molar refractivity (Wildman–Crippen MR) is 93.1 cm³/mol. The molecule has 0 saturated carbocycles. The van der Waals surface area contributed by atoms with Crippen molar-refractivity contribution in [3.8, 4) is 11.3 Å². The molecule has 5 rings (SSSR count). The molecule has 3 heteroatoms. The highest BCUT2D eigenvalue weighted by Crippen LogP contribution is 2.48. The topological polar surface area (TPSA) is 20.3 Å². The maximum Gasteiger partial charge on any atom is 0.224 e. The highest BCUT2D eigenvalue weighted by molar-refractivity contribution is 6.12. The molecule has 0 spiro atoms. The summed E-state index contributed by atoms with van der Waals surface area (Å²) >= 11 is 0. The monoisotopic (exact) mass is 301 g/mol. The van der Waals surface area contributed by atoms with Crippen molar-refractivity contribution >= 4 is 33.1 Å². The molecule has 0 amide bonds. The molecule has 23 heavy (non-hydrogen) atoms. The average Bonchev–Trinajstić information content (AvgIpc) is 3.03. The average molecular weight is 301 g/mol. The zero-order valence-electron chi connectivity index (χ0n) is 13.4. The molecule has 0 atom stereocenters. The van der Waals surface area contributed by atoms with Crippen LogP contribution in [-0.4, -0.2) is 7.05 Å². The van der Waals surface area contributed by atoms with E-state index in [1.807, 2.05) is 0 Å². The first-order valence-electron chi connectivity index (χ1n) is 7.83. The number of aryl methyl sites for hydroxylation is 2. The Kier molecular flexibility index (Phi) is 2.28. The summed E-state index contributed by atoms with van der Waals surface area (Å²) < 4.78 is 7.90. The first-order chi connectivity index (χ1) is 11.2. The van der Waals surface area contributed by atoms with Crippen LogP contribution in [-0.2, 0) is 7.05 Å². The molecule has 0 radical (unpaired) electrons. The fraction of sp³-hybridized carbons (Fsp3) is 0.150. The van der Waals surface area contributed by atoms with Gasteiger partial charge in [-0.05, 0) is 30.0 Å². The van der Waals surface area contributed by atoms with Gasteiger partial charge in [0.05, 0.1) is 28.6 Å². The smallest absolute Gasteiger partial charge is 0.224 e. The van der Waals surface area contributed by atoms with E-state index in [1.165, 1.54) is 44.4 Å². The van der Waals surface area contributed by atoms with Gasteiger partial charge in [0.2, 0.25) is 5.69 Å². The van der Waals surface area contributed by atoms with Crippen LogP contribution in [0, 0.1) is 6.92 Å². The predicted octanol–water partition coefficient (Wildman–Crippen LogP) is 4.47. The summed E-state index contributed by atoms with van der Waals surface area (Å²) in [5.41, 5.74) is 7.25. The minimum Gasteiger partial charge on any atom is -0.464 e. The van der Waals surface area contributed by atoms with Crippen molar-refractivity contribution in [1.29, 1.82) is 0 Å². The molecule has 0 fully saturated rings. The molecular weight excluding hydrogens is 284 g/mol. The molecular formula is C20H17N2O+. The number of aromatic nitrogens is 1. The van der Waals surface area contributed by atoms with Gasteiger partial charge in [0.15, 0.2) is 6.20 Å². The summed E-state index contributed by atoms with van der Waals surface area (Å²) in [5, 5.41) is 3.78. The second-order valence-electron chi connectivity index (χ2n) is 6.30. The van der Waals surface area contributed by atoms with Gasteiger partial charge in [0.25, 0.3) is 0 Å². The summed E-state index contributed by atoms with van der Waals surface area (Å²) in [6.07, 6.45) is 3.92. The molecule has 1 aliphatic rings. The van der Waals surface area contributed by atoms with Crippen LogP contribution in [0.3, 0.4) is 0 Å². The highest BCUT2D eigenvalue weighted by Gasteiger charge is 2.31. The largest absolute Gasteiger partial charge is 0.464 e. The molecule has 3 heterocycles.